The average Bonchev–Trinajstić information content (AvgIpc) is 2.83. The van der Waals surface area contributed by atoms with Crippen molar-refractivity contribution in [3.8, 4) is 0 Å². The second-order valence-corrected chi connectivity index (χ2v) is 9.67. The molecule has 1 saturated heterocycles. The smallest absolute Gasteiger partial charge is 0.261 e. The number of hydrogen-bond donors (Lipinski definition) is 2. The molecule has 1 aliphatic heterocycles. The van der Waals surface area contributed by atoms with Crippen LogP contribution in [-0.2, 0) is 21.4 Å². The molecule has 0 saturated carbocycles. The summed E-state index contributed by atoms with van der Waals surface area (Å²) < 4.78 is 40.3. The van der Waals surface area contributed by atoms with Gasteiger partial charge in [-0.15, -0.1) is 0 Å². The maximum atomic E-state index is 13.0. The molecule has 34 heavy (non-hydrogen) atoms. The van der Waals surface area contributed by atoms with E-state index in [0.717, 1.165) is 36.2 Å². The van der Waals surface area contributed by atoms with E-state index < -0.39 is 15.8 Å². The normalized spacial score (nSPS) is 14.0. The number of benzene rings is 3. The number of anilines is 2. The van der Waals surface area contributed by atoms with Crippen molar-refractivity contribution in [1.82, 2.24) is 5.32 Å². The van der Waals surface area contributed by atoms with Crippen LogP contribution in [0.4, 0.5) is 15.8 Å². The molecule has 0 aliphatic carbocycles. The fourth-order valence-corrected chi connectivity index (χ4v) is 4.77. The summed E-state index contributed by atoms with van der Waals surface area (Å²) in [6.07, 6.45) is 2.44. The lowest BCUT2D eigenvalue weighted by molar-refractivity contribution is -0.119. The van der Waals surface area contributed by atoms with Crippen LogP contribution in [0.15, 0.2) is 77.7 Å². The predicted molar refractivity (Wildman–Crippen MR) is 127 cm³/mol. The van der Waals surface area contributed by atoms with Crippen LogP contribution in [0, 0.1) is 5.82 Å². The van der Waals surface area contributed by atoms with Crippen molar-refractivity contribution in [2.75, 3.05) is 16.2 Å². The number of carbonyl (C=O) groups excluding carboxylic acids is 2. The number of hydrogen-bond acceptors (Lipinski definition) is 4. The average molecular weight is 482 g/mol. The highest BCUT2D eigenvalue weighted by molar-refractivity contribution is 7.92. The Hall–Kier alpha value is -3.72. The van der Waals surface area contributed by atoms with E-state index in [1.807, 2.05) is 24.3 Å². The summed E-state index contributed by atoms with van der Waals surface area (Å²) >= 11 is 0. The lowest BCUT2D eigenvalue weighted by atomic mass is 10.1. The van der Waals surface area contributed by atoms with Crippen LogP contribution in [0.3, 0.4) is 0 Å². The number of sulfonamides is 1. The quantitative estimate of drug-likeness (QED) is 0.532. The number of nitrogens with one attached hydrogen (secondary N) is 2. The number of carbonyl (C=O) groups is 2. The van der Waals surface area contributed by atoms with Crippen molar-refractivity contribution >= 4 is 33.2 Å². The van der Waals surface area contributed by atoms with E-state index in [9.17, 15) is 22.4 Å². The Labute approximate surface area is 197 Å². The van der Waals surface area contributed by atoms with Crippen LogP contribution in [0.2, 0.25) is 0 Å². The van der Waals surface area contributed by atoms with Gasteiger partial charge in [0.1, 0.15) is 5.82 Å². The van der Waals surface area contributed by atoms with E-state index in [4.69, 9.17) is 0 Å². The zero-order valence-electron chi connectivity index (χ0n) is 18.3. The lowest BCUT2D eigenvalue weighted by Gasteiger charge is -2.27. The summed E-state index contributed by atoms with van der Waals surface area (Å²) in [5.41, 5.74) is 2.34. The van der Waals surface area contributed by atoms with Crippen molar-refractivity contribution in [3.63, 3.8) is 0 Å². The van der Waals surface area contributed by atoms with Crippen molar-refractivity contribution in [2.24, 2.45) is 0 Å². The molecule has 1 fully saturated rings. The third-order valence-corrected chi connectivity index (χ3v) is 6.92. The maximum Gasteiger partial charge on any atom is 0.261 e. The van der Waals surface area contributed by atoms with Crippen LogP contribution in [-0.4, -0.2) is 26.8 Å². The number of amides is 2. The van der Waals surface area contributed by atoms with Gasteiger partial charge in [-0.25, -0.2) is 12.8 Å². The molecule has 2 N–H and O–H groups in total. The van der Waals surface area contributed by atoms with Gasteiger partial charge in [0.25, 0.3) is 15.9 Å². The molecular formula is C25H24FN3O4S. The minimum absolute atomic E-state index is 0.0656. The summed E-state index contributed by atoms with van der Waals surface area (Å²) in [5.74, 6) is -0.726. The van der Waals surface area contributed by atoms with Gasteiger partial charge in [-0.3, -0.25) is 14.3 Å². The number of rotatable bonds is 7. The molecule has 0 aromatic heterocycles. The Balaban J connectivity index is 1.36. The van der Waals surface area contributed by atoms with Gasteiger partial charge in [-0.1, -0.05) is 12.1 Å². The third kappa shape index (κ3) is 5.60. The van der Waals surface area contributed by atoms with Gasteiger partial charge in [0.15, 0.2) is 0 Å². The first kappa shape index (κ1) is 23.4. The first-order valence-corrected chi connectivity index (χ1v) is 12.4. The summed E-state index contributed by atoms with van der Waals surface area (Å²) in [5, 5.41) is 2.84. The Morgan fingerprint density at radius 1 is 0.971 bits per heavy atom. The molecule has 7 nitrogen and oxygen atoms in total. The van der Waals surface area contributed by atoms with Gasteiger partial charge in [-0.2, -0.15) is 0 Å². The zero-order valence-corrected chi connectivity index (χ0v) is 19.1. The van der Waals surface area contributed by atoms with Crippen LogP contribution in [0.5, 0.6) is 0 Å². The van der Waals surface area contributed by atoms with Crippen LogP contribution in [0.25, 0.3) is 0 Å². The second kappa shape index (κ2) is 10.0. The van der Waals surface area contributed by atoms with Gasteiger partial charge in [0.05, 0.1) is 4.90 Å². The van der Waals surface area contributed by atoms with Gasteiger partial charge in [0, 0.05) is 36.4 Å². The Morgan fingerprint density at radius 2 is 1.71 bits per heavy atom. The minimum atomic E-state index is -3.87. The summed E-state index contributed by atoms with van der Waals surface area (Å²) in [6, 6.07) is 18.0. The van der Waals surface area contributed by atoms with Crippen molar-refractivity contribution in [2.45, 2.75) is 30.7 Å². The van der Waals surface area contributed by atoms with Gasteiger partial charge in [0.2, 0.25) is 5.91 Å². The Bertz CT molecular complexity index is 1290. The third-order valence-electron chi connectivity index (χ3n) is 5.52. The van der Waals surface area contributed by atoms with E-state index in [0.29, 0.717) is 18.5 Å². The topological polar surface area (TPSA) is 95.6 Å². The zero-order chi connectivity index (χ0) is 24.1. The molecule has 1 aliphatic rings. The fourth-order valence-electron chi connectivity index (χ4n) is 3.72. The highest BCUT2D eigenvalue weighted by Crippen LogP contribution is 2.22. The molecule has 9 heteroatoms. The van der Waals surface area contributed by atoms with E-state index >= 15 is 0 Å². The SMILES string of the molecule is O=C(NCc1cccc(N2CCCCC2=O)c1)c1ccc(NS(=O)(=O)c2ccc(F)cc2)cc1. The first-order chi connectivity index (χ1) is 16.3. The number of nitrogens with zero attached hydrogens (tertiary/aromatic N) is 1. The molecule has 4 rings (SSSR count). The molecule has 0 radical (unpaired) electrons. The monoisotopic (exact) mass is 481 g/mol. The molecule has 0 atom stereocenters. The molecule has 176 valence electrons. The van der Waals surface area contributed by atoms with Crippen molar-refractivity contribution in [1.29, 1.82) is 0 Å². The maximum absolute atomic E-state index is 13.0. The highest BCUT2D eigenvalue weighted by Gasteiger charge is 2.20. The van der Waals surface area contributed by atoms with Crippen LogP contribution in [0.1, 0.15) is 35.2 Å². The minimum Gasteiger partial charge on any atom is -0.348 e. The largest absolute Gasteiger partial charge is 0.348 e. The van der Waals surface area contributed by atoms with E-state index in [-0.39, 0.29) is 28.9 Å². The molecule has 1 heterocycles. The Kier molecular flexibility index (Phi) is 6.93. The van der Waals surface area contributed by atoms with Crippen LogP contribution < -0.4 is 14.9 Å². The highest BCUT2D eigenvalue weighted by atomic mass is 32.2. The van der Waals surface area contributed by atoms with Gasteiger partial charge >= 0.3 is 0 Å². The van der Waals surface area contributed by atoms with E-state index in [2.05, 4.69) is 10.0 Å². The number of halogens is 1. The fraction of sp³-hybridized carbons (Fsp3) is 0.200. The summed E-state index contributed by atoms with van der Waals surface area (Å²) in [7, 11) is -3.87. The Morgan fingerprint density at radius 3 is 2.41 bits per heavy atom. The molecule has 0 spiro atoms. The predicted octanol–water partition coefficient (Wildman–Crippen LogP) is 4.07. The molecule has 0 unspecified atom stereocenters. The second-order valence-electron chi connectivity index (χ2n) is 7.99. The molecular weight excluding hydrogens is 457 g/mol. The molecule has 3 aromatic rings. The standard InChI is InChI=1S/C25H24FN3O4S/c26-20-9-13-23(14-10-20)34(32,33)28-21-11-7-19(8-12-21)25(31)27-17-18-4-3-5-22(16-18)29-15-2-1-6-24(29)30/h3-5,7-14,16,28H,1-2,6,15,17H2,(H,27,31). The summed E-state index contributed by atoms with van der Waals surface area (Å²) in [4.78, 5) is 26.4. The van der Waals surface area contributed by atoms with Crippen LogP contribution >= 0.6 is 0 Å². The molecule has 0 bridgehead atoms. The number of piperidine rings is 1. The van der Waals surface area contributed by atoms with Gasteiger partial charge < -0.3 is 10.2 Å². The van der Waals surface area contributed by atoms with E-state index in [1.54, 1.807) is 4.90 Å². The summed E-state index contributed by atoms with van der Waals surface area (Å²) in [6.45, 7) is 0.986. The molecule has 3 aromatic carbocycles. The van der Waals surface area contributed by atoms with E-state index in [1.165, 1.54) is 36.4 Å². The van der Waals surface area contributed by atoms with Gasteiger partial charge in [-0.05, 0) is 79.1 Å². The first-order valence-electron chi connectivity index (χ1n) is 10.9. The van der Waals surface area contributed by atoms with Crippen molar-refractivity contribution in [3.05, 3.63) is 89.7 Å². The molecule has 2 amide bonds. The van der Waals surface area contributed by atoms with Crippen molar-refractivity contribution < 1.29 is 22.4 Å². The lowest BCUT2D eigenvalue weighted by Crippen LogP contribution is -2.35.